The lowest BCUT2D eigenvalue weighted by molar-refractivity contribution is -0.330. The van der Waals surface area contributed by atoms with E-state index in [2.05, 4.69) is 48.1 Å². The summed E-state index contributed by atoms with van der Waals surface area (Å²) in [5, 5.41) is 9.21. The van der Waals surface area contributed by atoms with E-state index < -0.39 is 5.24 Å². The van der Waals surface area contributed by atoms with Crippen LogP contribution in [0, 0.1) is 46.3 Å². The third kappa shape index (κ3) is 5.93. The predicted molar refractivity (Wildman–Crippen MR) is 127 cm³/mol. The minimum atomic E-state index is -0.508. The molecule has 1 N–H and O–H groups in total. The molecule has 8 atom stereocenters. The number of aliphatic hydroxyl groups excluding tert-OH is 1. The zero-order chi connectivity index (χ0) is 23.7. The topological polar surface area (TPSA) is 55.8 Å². The van der Waals surface area contributed by atoms with Crippen molar-refractivity contribution in [3.05, 3.63) is 11.8 Å². The monoisotopic (exact) mass is 496 g/mol. The Morgan fingerprint density at radius 3 is 1.74 bits per heavy atom. The Kier molecular flexibility index (Phi) is 9.24. The van der Waals surface area contributed by atoms with Gasteiger partial charge in [-0.15, -0.1) is 11.6 Å². The zero-order valence-electron chi connectivity index (χ0n) is 19.7. The third-order valence-electron chi connectivity index (χ3n) is 8.97. The Morgan fingerprint density at radius 1 is 0.968 bits per heavy atom. The molecule has 6 aliphatic carbocycles. The minimum Gasteiger partial charge on any atom is -0.393 e. The van der Waals surface area contributed by atoms with Gasteiger partial charge in [0, 0.05) is 0 Å². The minimum absolute atomic E-state index is 0.00762. The van der Waals surface area contributed by atoms with Crippen molar-refractivity contribution in [1.82, 2.24) is 0 Å². The smallest absolute Gasteiger partial charge is 0.236 e. The van der Waals surface area contributed by atoms with Crippen LogP contribution in [0.15, 0.2) is 11.8 Å². The highest BCUT2D eigenvalue weighted by Gasteiger charge is 2.57. The fourth-order valence-electron chi connectivity index (χ4n) is 6.47. The quantitative estimate of drug-likeness (QED) is 0.153. The van der Waals surface area contributed by atoms with Gasteiger partial charge in [-0.1, -0.05) is 41.5 Å². The van der Waals surface area contributed by atoms with Crippen LogP contribution < -0.4 is 0 Å². The van der Waals surface area contributed by atoms with Gasteiger partial charge in [0.25, 0.3) is 0 Å². The molecule has 0 amide bonds. The predicted octanol–water partition coefficient (Wildman–Crippen LogP) is 6.76. The van der Waals surface area contributed by atoms with Gasteiger partial charge in [0.2, 0.25) is 10.5 Å². The molecule has 2 unspecified atom stereocenters. The van der Waals surface area contributed by atoms with E-state index in [0.29, 0.717) is 22.7 Å². The Morgan fingerprint density at radius 2 is 1.42 bits per heavy atom. The first-order valence-electron chi connectivity index (χ1n) is 11.3. The van der Waals surface area contributed by atoms with Gasteiger partial charge in [-0.05, 0) is 102 Å². The van der Waals surface area contributed by atoms with Gasteiger partial charge in [-0.2, -0.15) is 4.89 Å². The maximum absolute atomic E-state index is 9.61. The van der Waals surface area contributed by atoms with Crippen molar-refractivity contribution >= 4 is 40.0 Å². The second kappa shape index (κ2) is 10.5. The normalized spacial score (nSPS) is 40.5. The van der Waals surface area contributed by atoms with Crippen molar-refractivity contribution in [3.63, 3.8) is 0 Å². The summed E-state index contributed by atoms with van der Waals surface area (Å²) >= 11 is 15.1. The van der Waals surface area contributed by atoms with Crippen LogP contribution in [0.25, 0.3) is 0 Å². The molecule has 180 valence electrons. The second-order valence-electron chi connectivity index (χ2n) is 11.0. The van der Waals surface area contributed by atoms with Gasteiger partial charge in [0.15, 0.2) is 0 Å². The first-order valence-corrected chi connectivity index (χ1v) is 12.6. The largest absolute Gasteiger partial charge is 0.393 e. The van der Waals surface area contributed by atoms with E-state index in [0.717, 1.165) is 36.5 Å². The molecular weight excluding hydrogens is 459 g/mol. The van der Waals surface area contributed by atoms with E-state index in [9.17, 15) is 9.90 Å². The third-order valence-corrected chi connectivity index (χ3v) is 9.54. The molecular formula is C24H39Cl3O4. The summed E-state index contributed by atoms with van der Waals surface area (Å²) in [6.45, 7) is 17.3. The number of hydrogen-bond acceptors (Lipinski definition) is 4. The van der Waals surface area contributed by atoms with E-state index in [-0.39, 0.29) is 23.3 Å². The standard InChI is InChI=1S/C12H19ClO2.C10H18O.C2H2Cl2O/c1-7-10-5-9(12(10,3)4)6-11(7)15-14-8(2)13;1-6-8-4-7(5-9(6)11)10(8,2)3;3-1-2(4)5/h7,9-11H,2,5-6H2,1,3-4H3;6-9,11H,4-5H2,1-3H3;1H2/t7-,9?,10-,11-;6-,7?,8-,9-;/m11./s1. The summed E-state index contributed by atoms with van der Waals surface area (Å²) in [7, 11) is 0. The molecule has 0 aliphatic heterocycles. The summed E-state index contributed by atoms with van der Waals surface area (Å²) < 4.78 is 0. The zero-order valence-corrected chi connectivity index (χ0v) is 21.9. The molecule has 7 heteroatoms. The number of carbonyl (C=O) groups is 1. The molecule has 0 heterocycles. The SMILES string of the molecule is C=C(Cl)OO[C@@H]1CC2C[C@H]([C@H]1C)C2(C)C.C[C@H]1[C@H](O)CC2C[C@H]1C2(C)C.O=C(Cl)CCl. The Bertz CT molecular complexity index is 651. The number of rotatable bonds is 4. The Hall–Kier alpha value is -0.000000000000000111. The van der Waals surface area contributed by atoms with Crippen molar-refractivity contribution in [2.75, 3.05) is 5.88 Å². The lowest BCUT2D eigenvalue weighted by Gasteiger charge is -2.61. The summed E-state index contributed by atoms with van der Waals surface area (Å²) in [4.78, 5) is 19.6. The van der Waals surface area contributed by atoms with Crippen molar-refractivity contribution < 1.29 is 19.7 Å². The number of halogens is 3. The summed E-state index contributed by atoms with van der Waals surface area (Å²) in [6.07, 6.45) is 5.00. The Labute approximate surface area is 202 Å². The van der Waals surface area contributed by atoms with Crippen molar-refractivity contribution in [2.45, 2.75) is 79.4 Å². The van der Waals surface area contributed by atoms with Crippen LogP contribution in [0.2, 0.25) is 0 Å². The van der Waals surface area contributed by atoms with Crippen molar-refractivity contribution in [1.29, 1.82) is 0 Å². The number of carbonyl (C=O) groups excluding carboxylic acids is 1. The molecule has 0 radical (unpaired) electrons. The van der Waals surface area contributed by atoms with Crippen LogP contribution in [-0.2, 0) is 14.6 Å². The average molecular weight is 498 g/mol. The molecule has 31 heavy (non-hydrogen) atoms. The highest BCUT2D eigenvalue weighted by atomic mass is 35.5. The number of fused-ring (bicyclic) bond motifs is 4. The number of hydrogen-bond donors (Lipinski definition) is 1. The molecule has 0 aromatic rings. The lowest BCUT2D eigenvalue weighted by atomic mass is 9.45. The van der Waals surface area contributed by atoms with E-state index in [4.69, 9.17) is 44.6 Å². The van der Waals surface area contributed by atoms with Gasteiger partial charge < -0.3 is 9.99 Å². The Balaban J connectivity index is 0.000000187. The van der Waals surface area contributed by atoms with Gasteiger partial charge >= 0.3 is 0 Å². The van der Waals surface area contributed by atoms with Crippen LogP contribution in [0.5, 0.6) is 0 Å². The highest BCUT2D eigenvalue weighted by molar-refractivity contribution is 6.67. The fourth-order valence-corrected chi connectivity index (χ4v) is 6.50. The molecule has 0 saturated heterocycles. The van der Waals surface area contributed by atoms with E-state index in [1.807, 2.05) is 0 Å². The van der Waals surface area contributed by atoms with Crippen molar-refractivity contribution in [3.8, 4) is 0 Å². The number of aliphatic hydroxyl groups is 1. The fraction of sp³-hybridized carbons (Fsp3) is 0.875. The first kappa shape index (κ1) is 27.2. The molecule has 6 aliphatic rings. The molecule has 6 saturated carbocycles. The highest BCUT2D eigenvalue weighted by Crippen LogP contribution is 2.62. The van der Waals surface area contributed by atoms with Crippen LogP contribution in [0.1, 0.15) is 67.2 Å². The summed E-state index contributed by atoms with van der Waals surface area (Å²) in [5.74, 6) is 4.11. The van der Waals surface area contributed by atoms with Gasteiger partial charge in [0.05, 0.1) is 12.0 Å². The first-order chi connectivity index (χ1) is 14.2. The van der Waals surface area contributed by atoms with Gasteiger partial charge in [0.1, 0.15) is 6.10 Å². The van der Waals surface area contributed by atoms with Crippen LogP contribution in [-0.4, -0.2) is 28.4 Å². The molecule has 6 fully saturated rings. The lowest BCUT2D eigenvalue weighted by Crippen LogP contribution is -2.57. The number of alkyl halides is 1. The summed E-state index contributed by atoms with van der Waals surface area (Å²) in [5.41, 5.74) is 1.01. The molecule has 6 rings (SSSR count). The average Bonchev–Trinajstić information content (AvgIpc) is 2.69. The molecule has 4 nitrogen and oxygen atoms in total. The maximum Gasteiger partial charge on any atom is 0.236 e. The molecule has 0 aromatic heterocycles. The summed E-state index contributed by atoms with van der Waals surface area (Å²) in [6, 6.07) is 0. The second-order valence-corrected chi connectivity index (χ2v) is 12.2. The van der Waals surface area contributed by atoms with E-state index in [1.165, 1.54) is 12.8 Å². The van der Waals surface area contributed by atoms with Crippen LogP contribution in [0.4, 0.5) is 0 Å². The van der Waals surface area contributed by atoms with Crippen molar-refractivity contribution in [2.24, 2.45) is 46.3 Å². The molecule has 0 spiro atoms. The van der Waals surface area contributed by atoms with Gasteiger partial charge in [-0.25, -0.2) is 0 Å². The van der Waals surface area contributed by atoms with Gasteiger partial charge in [-0.3, -0.25) is 4.79 Å². The molecule has 0 aromatic carbocycles. The van der Waals surface area contributed by atoms with Crippen LogP contribution in [0.3, 0.4) is 0 Å². The maximum atomic E-state index is 9.61. The van der Waals surface area contributed by atoms with E-state index >= 15 is 0 Å². The van der Waals surface area contributed by atoms with E-state index in [1.54, 1.807) is 0 Å². The molecule has 4 bridgehead atoms. The van der Waals surface area contributed by atoms with Crippen LogP contribution >= 0.6 is 34.8 Å².